The lowest BCUT2D eigenvalue weighted by Crippen LogP contribution is -2.36. The zero-order valence-electron chi connectivity index (χ0n) is 12.1. The van der Waals surface area contributed by atoms with E-state index in [2.05, 4.69) is 52.2 Å². The molecule has 2 rings (SSSR count). The third-order valence-electron chi connectivity index (χ3n) is 2.76. The molecule has 108 valence electrons. The summed E-state index contributed by atoms with van der Waals surface area (Å²) in [5.41, 5.74) is 1.09. The van der Waals surface area contributed by atoms with Crippen LogP contribution in [0, 0.1) is 0 Å². The molecule has 20 heavy (non-hydrogen) atoms. The van der Waals surface area contributed by atoms with Crippen molar-refractivity contribution in [1.82, 2.24) is 15.5 Å². The van der Waals surface area contributed by atoms with Crippen LogP contribution in [0.5, 0.6) is 0 Å². The Labute approximate surface area is 128 Å². The van der Waals surface area contributed by atoms with Crippen molar-refractivity contribution in [3.63, 3.8) is 0 Å². The fraction of sp³-hybridized carbons (Fsp3) is 0.467. The minimum atomic E-state index is 0.149. The average Bonchev–Trinajstić information content (AvgIpc) is 2.82. The molecule has 5 heteroatoms. The van der Waals surface area contributed by atoms with Crippen molar-refractivity contribution in [3.05, 3.63) is 34.6 Å². The molecule has 2 aromatic rings. The number of nitrogens with one attached hydrogen (secondary N) is 1. The number of aromatic nitrogens is 2. The molecule has 0 saturated carbocycles. The van der Waals surface area contributed by atoms with E-state index in [9.17, 15) is 0 Å². The van der Waals surface area contributed by atoms with Crippen LogP contribution in [0.25, 0.3) is 11.5 Å². The van der Waals surface area contributed by atoms with Crippen molar-refractivity contribution in [2.45, 2.75) is 39.2 Å². The van der Waals surface area contributed by atoms with Crippen molar-refractivity contribution in [2.75, 3.05) is 6.54 Å². The third-order valence-corrected chi connectivity index (χ3v) is 3.25. The van der Waals surface area contributed by atoms with E-state index < -0.39 is 0 Å². The zero-order valence-corrected chi connectivity index (χ0v) is 13.7. The number of rotatable bonds is 5. The van der Waals surface area contributed by atoms with Crippen molar-refractivity contribution < 1.29 is 4.42 Å². The van der Waals surface area contributed by atoms with Gasteiger partial charge in [0.05, 0.1) is 0 Å². The maximum atomic E-state index is 5.69. The van der Waals surface area contributed by atoms with Crippen LogP contribution >= 0.6 is 15.9 Å². The van der Waals surface area contributed by atoms with Crippen molar-refractivity contribution in [1.29, 1.82) is 0 Å². The minimum absolute atomic E-state index is 0.149. The highest BCUT2D eigenvalue weighted by molar-refractivity contribution is 9.10. The molecule has 4 nitrogen and oxygen atoms in total. The molecule has 0 bridgehead atoms. The maximum absolute atomic E-state index is 5.69. The van der Waals surface area contributed by atoms with Gasteiger partial charge >= 0.3 is 0 Å². The van der Waals surface area contributed by atoms with E-state index in [1.54, 1.807) is 0 Å². The highest BCUT2D eigenvalue weighted by Gasteiger charge is 2.10. The van der Waals surface area contributed by atoms with Gasteiger partial charge < -0.3 is 9.73 Å². The second kappa shape index (κ2) is 6.50. The van der Waals surface area contributed by atoms with Crippen molar-refractivity contribution in [3.8, 4) is 11.5 Å². The quantitative estimate of drug-likeness (QED) is 0.842. The minimum Gasteiger partial charge on any atom is -0.421 e. The predicted octanol–water partition coefficient (Wildman–Crippen LogP) is 3.82. The molecule has 0 radical (unpaired) electrons. The predicted molar refractivity (Wildman–Crippen MR) is 83.5 cm³/mol. The zero-order chi connectivity index (χ0) is 14.6. The van der Waals surface area contributed by atoms with E-state index in [0.29, 0.717) is 11.8 Å². The van der Waals surface area contributed by atoms with Crippen LogP contribution in [0.15, 0.2) is 33.2 Å². The Balaban J connectivity index is 1.90. The van der Waals surface area contributed by atoms with Crippen LogP contribution < -0.4 is 5.32 Å². The van der Waals surface area contributed by atoms with Crippen molar-refractivity contribution >= 4 is 15.9 Å². The first kappa shape index (κ1) is 15.2. The molecule has 0 unspecified atom stereocenters. The summed E-state index contributed by atoms with van der Waals surface area (Å²) in [6.45, 7) is 7.42. The molecule has 1 heterocycles. The Morgan fingerprint density at radius 3 is 2.75 bits per heavy atom. The van der Waals surface area contributed by atoms with Gasteiger partial charge in [-0.05, 0) is 51.9 Å². The molecule has 1 aromatic carbocycles. The largest absolute Gasteiger partial charge is 0.421 e. The van der Waals surface area contributed by atoms with Gasteiger partial charge in [-0.15, -0.1) is 10.2 Å². The van der Waals surface area contributed by atoms with Gasteiger partial charge in [0.2, 0.25) is 11.8 Å². The monoisotopic (exact) mass is 337 g/mol. The topological polar surface area (TPSA) is 51.0 Å². The van der Waals surface area contributed by atoms with Gasteiger partial charge in [0.1, 0.15) is 0 Å². The van der Waals surface area contributed by atoms with Gasteiger partial charge in [-0.3, -0.25) is 0 Å². The normalized spacial score (nSPS) is 11.8. The van der Waals surface area contributed by atoms with E-state index in [0.717, 1.165) is 29.4 Å². The lowest BCUT2D eigenvalue weighted by atomic mass is 10.1. The molecule has 1 aromatic heterocycles. The van der Waals surface area contributed by atoms with E-state index >= 15 is 0 Å². The molecule has 0 spiro atoms. The van der Waals surface area contributed by atoms with E-state index in [1.807, 2.05) is 24.3 Å². The standard InChI is InChI=1S/C15H20BrN3O/c1-15(2,3)17-9-5-8-13-18-19-14(20-13)11-6-4-7-12(16)10-11/h4,6-7,10,17H,5,8-9H2,1-3H3. The van der Waals surface area contributed by atoms with E-state index in [1.165, 1.54) is 0 Å². The first-order chi connectivity index (χ1) is 9.44. The summed E-state index contributed by atoms with van der Waals surface area (Å²) in [4.78, 5) is 0. The summed E-state index contributed by atoms with van der Waals surface area (Å²) >= 11 is 3.44. The molecule has 0 aliphatic rings. The second-order valence-electron chi connectivity index (χ2n) is 5.79. The van der Waals surface area contributed by atoms with Crippen LogP contribution in [0.4, 0.5) is 0 Å². The van der Waals surface area contributed by atoms with Gasteiger partial charge in [-0.1, -0.05) is 22.0 Å². The molecular formula is C15H20BrN3O. The number of benzene rings is 1. The Morgan fingerprint density at radius 1 is 1.25 bits per heavy atom. The maximum Gasteiger partial charge on any atom is 0.247 e. The van der Waals surface area contributed by atoms with Gasteiger partial charge in [-0.2, -0.15) is 0 Å². The summed E-state index contributed by atoms with van der Waals surface area (Å²) in [6.07, 6.45) is 1.78. The summed E-state index contributed by atoms with van der Waals surface area (Å²) in [7, 11) is 0. The number of nitrogens with zero attached hydrogens (tertiary/aromatic N) is 2. The van der Waals surface area contributed by atoms with Crippen LogP contribution in [0.1, 0.15) is 33.1 Å². The number of halogens is 1. The fourth-order valence-corrected chi connectivity index (χ4v) is 2.20. The van der Waals surface area contributed by atoms with Gasteiger partial charge in [0, 0.05) is 22.0 Å². The van der Waals surface area contributed by atoms with Gasteiger partial charge in [0.25, 0.3) is 0 Å². The SMILES string of the molecule is CC(C)(C)NCCCc1nnc(-c2cccc(Br)c2)o1. The van der Waals surface area contributed by atoms with Gasteiger partial charge in [0.15, 0.2) is 0 Å². The average molecular weight is 338 g/mol. The molecule has 0 atom stereocenters. The summed E-state index contributed by atoms with van der Waals surface area (Å²) in [5.74, 6) is 1.26. The lowest BCUT2D eigenvalue weighted by molar-refractivity contribution is 0.412. The Kier molecular flexibility index (Phi) is 4.94. The first-order valence-electron chi connectivity index (χ1n) is 6.77. The second-order valence-corrected chi connectivity index (χ2v) is 6.71. The van der Waals surface area contributed by atoms with Crippen LogP contribution in [-0.4, -0.2) is 22.3 Å². The smallest absolute Gasteiger partial charge is 0.247 e. The molecule has 0 aliphatic carbocycles. The van der Waals surface area contributed by atoms with Crippen LogP contribution in [0.2, 0.25) is 0 Å². The van der Waals surface area contributed by atoms with E-state index in [4.69, 9.17) is 4.42 Å². The van der Waals surface area contributed by atoms with Crippen molar-refractivity contribution in [2.24, 2.45) is 0 Å². The molecular weight excluding hydrogens is 318 g/mol. The molecule has 1 N–H and O–H groups in total. The summed E-state index contributed by atoms with van der Waals surface area (Å²) in [6, 6.07) is 7.86. The first-order valence-corrected chi connectivity index (χ1v) is 7.57. The molecule has 0 aliphatic heterocycles. The Morgan fingerprint density at radius 2 is 2.05 bits per heavy atom. The third kappa shape index (κ3) is 4.72. The highest BCUT2D eigenvalue weighted by Crippen LogP contribution is 2.21. The van der Waals surface area contributed by atoms with Crippen LogP contribution in [0.3, 0.4) is 0 Å². The number of hydrogen-bond donors (Lipinski definition) is 1. The number of aryl methyl sites for hydroxylation is 1. The number of hydrogen-bond acceptors (Lipinski definition) is 4. The van der Waals surface area contributed by atoms with Crippen LogP contribution in [-0.2, 0) is 6.42 Å². The highest BCUT2D eigenvalue weighted by atomic mass is 79.9. The Hall–Kier alpha value is -1.20. The molecule has 0 amide bonds. The Bertz CT molecular complexity index is 560. The fourth-order valence-electron chi connectivity index (χ4n) is 1.80. The van der Waals surface area contributed by atoms with E-state index in [-0.39, 0.29) is 5.54 Å². The molecule has 0 saturated heterocycles. The molecule has 0 fully saturated rings. The summed E-state index contributed by atoms with van der Waals surface area (Å²) < 4.78 is 6.69. The summed E-state index contributed by atoms with van der Waals surface area (Å²) in [5, 5.41) is 11.6. The lowest BCUT2D eigenvalue weighted by Gasteiger charge is -2.19. The van der Waals surface area contributed by atoms with Gasteiger partial charge in [-0.25, -0.2) is 0 Å².